The van der Waals surface area contributed by atoms with Crippen LogP contribution in [-0.4, -0.2) is 46.7 Å². The van der Waals surface area contributed by atoms with Crippen molar-refractivity contribution in [1.29, 1.82) is 0 Å². The second-order valence-electron chi connectivity index (χ2n) is 7.68. The van der Waals surface area contributed by atoms with Crippen LogP contribution >= 0.6 is 0 Å². The number of rotatable bonds is 6. The Morgan fingerprint density at radius 2 is 2.07 bits per heavy atom. The van der Waals surface area contributed by atoms with Gasteiger partial charge in [-0.15, -0.1) is 11.8 Å². The number of ether oxygens (including phenoxy) is 1. The smallest absolute Gasteiger partial charge is 0.329 e. The summed E-state index contributed by atoms with van der Waals surface area (Å²) in [6.45, 7) is 2.99. The molecule has 2 saturated carbocycles. The fourth-order valence-electron chi connectivity index (χ4n) is 3.97. The third-order valence-electron chi connectivity index (χ3n) is 5.52. The van der Waals surface area contributed by atoms with Crippen LogP contribution in [0.25, 0.3) is 0 Å². The normalized spacial score (nSPS) is 29.8. The number of aliphatic carboxylic acids is 1. The van der Waals surface area contributed by atoms with E-state index in [1.165, 1.54) is 0 Å². The molecule has 5 nitrogen and oxygen atoms in total. The zero-order valence-electron chi connectivity index (χ0n) is 16.4. The van der Waals surface area contributed by atoms with Crippen LogP contribution in [0, 0.1) is 47.4 Å². The van der Waals surface area contributed by atoms with Crippen LogP contribution in [0.3, 0.4) is 0 Å². The summed E-state index contributed by atoms with van der Waals surface area (Å²) >= 11 is 0. The average Bonchev–Trinajstić information content (AvgIpc) is 3.16. The molecule has 0 radical (unpaired) electrons. The van der Waals surface area contributed by atoms with E-state index < -0.39 is 30.6 Å². The first kappa shape index (κ1) is 22.4. The number of carboxylic acids is 1. The summed E-state index contributed by atoms with van der Waals surface area (Å²) in [6, 6.07) is 0. The topological polar surface area (TPSA) is 87.0 Å². The van der Waals surface area contributed by atoms with Gasteiger partial charge in [-0.1, -0.05) is 25.7 Å². The van der Waals surface area contributed by atoms with E-state index in [2.05, 4.69) is 23.7 Å². The van der Waals surface area contributed by atoms with E-state index in [0.717, 1.165) is 6.42 Å². The monoisotopic (exact) mass is 392 g/mol. The minimum Gasteiger partial charge on any atom is -0.480 e. The second-order valence-corrected chi connectivity index (χ2v) is 7.68. The van der Waals surface area contributed by atoms with Gasteiger partial charge < -0.3 is 20.1 Å². The van der Waals surface area contributed by atoms with Crippen molar-refractivity contribution in [2.45, 2.75) is 58.2 Å². The van der Waals surface area contributed by atoms with Crippen LogP contribution in [0.2, 0.25) is 0 Å². The van der Waals surface area contributed by atoms with Crippen molar-refractivity contribution < 1.29 is 29.2 Å². The number of halogens is 1. The molecule has 0 aromatic rings. The Labute approximate surface area is 166 Å². The number of allylic oxidation sites excluding steroid dienone is 1. The third-order valence-corrected chi connectivity index (χ3v) is 5.52. The molecule has 2 fully saturated rings. The highest BCUT2D eigenvalue weighted by Crippen LogP contribution is 2.50. The van der Waals surface area contributed by atoms with E-state index >= 15 is 0 Å². The molecule has 0 aromatic heterocycles. The van der Waals surface area contributed by atoms with Gasteiger partial charge in [0.15, 0.2) is 0 Å². The summed E-state index contributed by atoms with van der Waals surface area (Å²) in [5.41, 5.74) is 0.628. The van der Waals surface area contributed by atoms with Gasteiger partial charge in [0.05, 0.1) is 12.7 Å². The Bertz CT molecular complexity index is 708. The Morgan fingerprint density at radius 3 is 2.75 bits per heavy atom. The van der Waals surface area contributed by atoms with Gasteiger partial charge in [0.2, 0.25) is 0 Å². The van der Waals surface area contributed by atoms with E-state index in [9.17, 15) is 19.4 Å². The van der Waals surface area contributed by atoms with Crippen molar-refractivity contribution >= 4 is 5.97 Å². The highest BCUT2D eigenvalue weighted by molar-refractivity contribution is 5.68. The number of carboxylic acid groups (broad SMARTS) is 1. The fourth-order valence-corrected chi connectivity index (χ4v) is 3.97. The summed E-state index contributed by atoms with van der Waals surface area (Å²) < 4.78 is 19.1. The van der Waals surface area contributed by atoms with E-state index in [1.807, 2.05) is 13.8 Å². The van der Waals surface area contributed by atoms with Gasteiger partial charge in [0, 0.05) is 24.7 Å². The van der Waals surface area contributed by atoms with Gasteiger partial charge in [0.25, 0.3) is 0 Å². The van der Waals surface area contributed by atoms with Crippen LogP contribution in [0.4, 0.5) is 4.39 Å². The molecule has 0 aromatic carbocycles. The Hall–Kier alpha value is -1.86. The maximum absolute atomic E-state index is 14.3. The molecule has 6 atom stereocenters. The highest BCUT2D eigenvalue weighted by Gasteiger charge is 2.46. The molecule has 0 heterocycles. The average molecular weight is 392 g/mol. The quantitative estimate of drug-likeness (QED) is 0.605. The predicted molar refractivity (Wildman–Crippen MR) is 103 cm³/mol. The predicted octanol–water partition coefficient (Wildman–Crippen LogP) is 2.52. The molecule has 6 heteroatoms. The number of hydrogen-bond donors (Lipinski definition) is 3. The van der Waals surface area contributed by atoms with E-state index in [0.29, 0.717) is 31.3 Å². The molecule has 154 valence electrons. The molecule has 0 aliphatic heterocycles. The molecule has 2 rings (SSSR count). The van der Waals surface area contributed by atoms with Gasteiger partial charge in [-0.2, -0.15) is 0 Å². The van der Waals surface area contributed by atoms with Gasteiger partial charge >= 0.3 is 5.97 Å². The molecule has 2 aliphatic rings. The lowest BCUT2D eigenvalue weighted by molar-refractivity contribution is -0.141. The van der Waals surface area contributed by atoms with Crippen molar-refractivity contribution in [2.75, 3.05) is 13.2 Å². The summed E-state index contributed by atoms with van der Waals surface area (Å²) in [5, 5.41) is 29.1. The van der Waals surface area contributed by atoms with Gasteiger partial charge in [-0.05, 0) is 36.7 Å². The summed E-state index contributed by atoms with van der Waals surface area (Å²) in [5.74, 6) is 10.2. The standard InChI is InChI=1S/C22H29FO5/c1-3-4-5-6-14(2)20(24)8-7-17-18-10-16(9-15(18)11-21(17)25)19(23)12-28-13-22(26)27/h14-15,17-18,20-21,24-25H,3,6,9-13H2,1-2H3,(H,26,27)/b19-16+/t14-,15-,17+,18-,20+,21+/m0/s1. The SMILES string of the molecule is CCC#CC[C@H](C)[C@H](O)C#C[C@@H]1[C@H]2C/C(=C(/F)COCC(=O)O)C[C@H]2C[C@H]1O. The van der Waals surface area contributed by atoms with Gasteiger partial charge in [0.1, 0.15) is 18.5 Å². The van der Waals surface area contributed by atoms with E-state index in [4.69, 9.17) is 9.84 Å². The molecule has 3 N–H and O–H groups in total. The van der Waals surface area contributed by atoms with Crippen LogP contribution in [0.5, 0.6) is 0 Å². The van der Waals surface area contributed by atoms with Crippen molar-refractivity contribution in [2.24, 2.45) is 23.7 Å². The first-order valence-electron chi connectivity index (χ1n) is 9.82. The molecule has 0 bridgehead atoms. The molecule has 0 saturated heterocycles. The summed E-state index contributed by atoms with van der Waals surface area (Å²) in [7, 11) is 0. The molecular weight excluding hydrogens is 363 g/mol. The maximum Gasteiger partial charge on any atom is 0.329 e. The minimum absolute atomic E-state index is 0.0464. The first-order chi connectivity index (χ1) is 13.3. The van der Waals surface area contributed by atoms with Gasteiger partial charge in [-0.3, -0.25) is 0 Å². The second kappa shape index (κ2) is 10.6. The van der Waals surface area contributed by atoms with E-state index in [1.54, 1.807) is 0 Å². The number of aliphatic hydroxyl groups is 2. The lowest BCUT2D eigenvalue weighted by Crippen LogP contribution is -2.20. The fraction of sp³-hybridized carbons (Fsp3) is 0.682. The molecule has 28 heavy (non-hydrogen) atoms. The lowest BCUT2D eigenvalue weighted by atomic mass is 9.91. The summed E-state index contributed by atoms with van der Waals surface area (Å²) in [4.78, 5) is 10.5. The van der Waals surface area contributed by atoms with Crippen molar-refractivity contribution in [3.8, 4) is 23.7 Å². The largest absolute Gasteiger partial charge is 0.480 e. The van der Waals surface area contributed by atoms with Crippen LogP contribution < -0.4 is 0 Å². The summed E-state index contributed by atoms with van der Waals surface area (Å²) in [6.07, 6.45) is 1.54. The molecule has 0 unspecified atom stereocenters. The Balaban J connectivity index is 1.97. The highest BCUT2D eigenvalue weighted by atomic mass is 19.1. The number of carbonyl (C=O) groups is 1. The van der Waals surface area contributed by atoms with Crippen molar-refractivity contribution in [3.05, 3.63) is 11.4 Å². The minimum atomic E-state index is -1.13. The van der Waals surface area contributed by atoms with Crippen LogP contribution in [0.1, 0.15) is 46.0 Å². The Kier molecular flexibility index (Phi) is 8.51. The first-order valence-corrected chi connectivity index (χ1v) is 9.82. The van der Waals surface area contributed by atoms with Crippen LogP contribution in [-0.2, 0) is 9.53 Å². The van der Waals surface area contributed by atoms with Crippen molar-refractivity contribution in [1.82, 2.24) is 0 Å². The van der Waals surface area contributed by atoms with E-state index in [-0.39, 0.29) is 30.3 Å². The maximum atomic E-state index is 14.3. The lowest BCUT2D eigenvalue weighted by Gasteiger charge is -2.16. The number of fused-ring (bicyclic) bond motifs is 1. The Morgan fingerprint density at radius 1 is 1.32 bits per heavy atom. The number of aliphatic hydroxyl groups excluding tert-OH is 2. The van der Waals surface area contributed by atoms with Crippen molar-refractivity contribution in [3.63, 3.8) is 0 Å². The number of hydrogen-bond acceptors (Lipinski definition) is 4. The zero-order valence-corrected chi connectivity index (χ0v) is 16.4. The molecular formula is C22H29FO5. The van der Waals surface area contributed by atoms with Gasteiger partial charge in [-0.25, -0.2) is 9.18 Å². The zero-order chi connectivity index (χ0) is 20.7. The third kappa shape index (κ3) is 6.07. The molecule has 0 amide bonds. The molecule has 2 aliphatic carbocycles. The van der Waals surface area contributed by atoms with Crippen LogP contribution in [0.15, 0.2) is 11.4 Å². The molecule has 0 spiro atoms.